The Morgan fingerprint density at radius 3 is 1.51 bits per heavy atom. The summed E-state index contributed by atoms with van der Waals surface area (Å²) in [6, 6.07) is 4.51. The van der Waals surface area contributed by atoms with Gasteiger partial charge in [-0.15, -0.1) is 0 Å². The van der Waals surface area contributed by atoms with Crippen molar-refractivity contribution in [3.63, 3.8) is 0 Å². The van der Waals surface area contributed by atoms with Crippen LogP contribution in [0, 0.1) is 5.92 Å². The van der Waals surface area contributed by atoms with E-state index >= 15 is 0 Å². The van der Waals surface area contributed by atoms with Crippen LogP contribution in [0.5, 0.6) is 0 Å². The number of aliphatic imine (C=N–C) groups is 1. The average Bonchev–Trinajstić information content (AvgIpc) is 1.74. The molecule has 0 saturated carbocycles. The minimum Gasteiger partial charge on any atom is -0.370 e. The lowest BCUT2D eigenvalue weighted by Gasteiger charge is -2.32. The van der Waals surface area contributed by atoms with Crippen molar-refractivity contribution >= 4 is 94.5 Å². The van der Waals surface area contributed by atoms with Gasteiger partial charge in [-0.25, -0.2) is 0 Å². The Kier molecular flexibility index (Phi) is 33.9. The molecule has 524 valence electrons. The van der Waals surface area contributed by atoms with Gasteiger partial charge in [0.2, 0.25) is 76.8 Å². The van der Waals surface area contributed by atoms with Crippen LogP contribution in [0.25, 0.3) is 0 Å². The molecule has 95 heavy (non-hydrogen) atoms. The molecule has 2 aromatic rings. The molecule has 4 rings (SSSR count). The lowest BCUT2D eigenvalue weighted by molar-refractivity contribution is -0.144. The first kappa shape index (κ1) is 78.5. The Morgan fingerprint density at radius 1 is 0.537 bits per heavy atom. The number of primary amides is 3. The van der Waals surface area contributed by atoms with Crippen LogP contribution in [0.15, 0.2) is 65.7 Å². The summed E-state index contributed by atoms with van der Waals surface area (Å²) in [5.74, 6) is -9.80. The predicted molar refractivity (Wildman–Crippen MR) is 356 cm³/mol. The standard InChI is InChI=1S/C63H98N18O13S/c1-37(2)33-45(57(89)74-41(53(68)85)27-32-95-3)73-52(84)36-72-54(86)46(34-38-15-6-4-7-16-38)78-58(90)47(35-39-17-8-5-9-18-39)79-56(88)42(23-25-50(66)82)75-55(87)43(24-26-51(67)83)76-59(91)49-22-14-31-81(49)62(94)44(20-10-11-28-64)77-60(92)48-21-13-30-80(48)61(93)40(65)19-12-29-71-63(69)70/h4-9,15-18,37,40-49H,10-14,19-36,64-65H2,1-3H3,(H2,66,82)(H2,67,83)(H2,68,85)(H,72,86)(H,73,84)(H,74,89)(H,75,87)(H,76,91)(H,77,92)(H,78,90)(H,79,88)(H4,69,70,71)/t40-,41-,42-,43-,44-,45+,46+,47+,48+,49-/m0/s1. The highest BCUT2D eigenvalue weighted by Gasteiger charge is 2.42. The zero-order valence-electron chi connectivity index (χ0n) is 54.5. The molecule has 0 aliphatic carbocycles. The van der Waals surface area contributed by atoms with E-state index in [4.69, 9.17) is 40.1 Å². The molecule has 31 nitrogen and oxygen atoms in total. The zero-order valence-corrected chi connectivity index (χ0v) is 55.3. The van der Waals surface area contributed by atoms with Crippen LogP contribution in [0.3, 0.4) is 0 Å². The highest BCUT2D eigenvalue weighted by atomic mass is 32.2. The quantitative estimate of drug-likeness (QED) is 0.0173. The minimum atomic E-state index is -1.64. The summed E-state index contributed by atoms with van der Waals surface area (Å²) in [6.45, 7) is 3.86. The number of carbonyl (C=O) groups excluding carboxylic acids is 13. The summed E-state index contributed by atoms with van der Waals surface area (Å²) in [6.07, 6.45) is 3.12. The molecule has 2 fully saturated rings. The lowest BCUT2D eigenvalue weighted by atomic mass is 10.0. The summed E-state index contributed by atoms with van der Waals surface area (Å²) in [5, 5.41) is 21.1. The molecule has 2 aliphatic heterocycles. The molecule has 10 atom stereocenters. The van der Waals surface area contributed by atoms with Gasteiger partial charge in [-0.3, -0.25) is 67.3 Å². The Labute approximate surface area is 558 Å². The minimum absolute atomic E-state index is 0.0736. The number of nitrogens with one attached hydrogen (secondary N) is 8. The number of rotatable bonds is 42. The van der Waals surface area contributed by atoms with Crippen LogP contribution in [-0.4, -0.2) is 198 Å². The maximum absolute atomic E-state index is 14.7. The van der Waals surface area contributed by atoms with Crippen molar-refractivity contribution in [3.05, 3.63) is 71.8 Å². The van der Waals surface area contributed by atoms with Crippen LogP contribution in [0.4, 0.5) is 0 Å². The van der Waals surface area contributed by atoms with Crippen LogP contribution < -0.4 is 82.7 Å². The average molecular weight is 1350 g/mol. The van der Waals surface area contributed by atoms with Crippen LogP contribution in [0.1, 0.15) is 121 Å². The second-order valence-corrected chi connectivity index (χ2v) is 25.1. The number of amides is 13. The molecule has 0 bridgehead atoms. The first-order valence-electron chi connectivity index (χ1n) is 32.2. The third kappa shape index (κ3) is 27.5. The maximum Gasteiger partial charge on any atom is 0.245 e. The van der Waals surface area contributed by atoms with E-state index in [1.807, 2.05) is 20.1 Å². The lowest BCUT2D eigenvalue weighted by Crippen LogP contribution is -2.60. The molecule has 2 aliphatic rings. The number of carbonyl (C=O) groups is 13. The number of likely N-dealkylation sites (tertiary alicyclic amines) is 2. The molecule has 0 spiro atoms. The summed E-state index contributed by atoms with van der Waals surface area (Å²) in [5.41, 5.74) is 40.6. The van der Waals surface area contributed by atoms with Crippen LogP contribution in [-0.2, 0) is 75.2 Å². The van der Waals surface area contributed by atoms with E-state index in [2.05, 4.69) is 47.5 Å². The van der Waals surface area contributed by atoms with Crippen LogP contribution in [0.2, 0.25) is 0 Å². The molecule has 0 radical (unpaired) electrons. The van der Waals surface area contributed by atoms with E-state index in [-0.39, 0.29) is 83.0 Å². The zero-order chi connectivity index (χ0) is 70.1. The molecule has 2 aromatic carbocycles. The first-order chi connectivity index (χ1) is 45.2. The Hall–Kier alpha value is -8.91. The van der Waals surface area contributed by atoms with E-state index in [0.29, 0.717) is 55.4 Å². The van der Waals surface area contributed by atoms with Gasteiger partial charge in [0, 0.05) is 45.3 Å². The molecule has 2 saturated heterocycles. The first-order valence-corrected chi connectivity index (χ1v) is 33.6. The second-order valence-electron chi connectivity index (χ2n) is 24.1. The van der Waals surface area contributed by atoms with Gasteiger partial charge in [-0.1, -0.05) is 74.5 Å². The molecule has 0 unspecified atom stereocenters. The van der Waals surface area contributed by atoms with Crippen molar-refractivity contribution in [2.24, 2.45) is 51.0 Å². The molecule has 0 aromatic heterocycles. The van der Waals surface area contributed by atoms with Crippen molar-refractivity contribution in [2.75, 3.05) is 44.7 Å². The third-order valence-corrected chi connectivity index (χ3v) is 16.7. The topological polar surface area (TPSA) is 519 Å². The van der Waals surface area contributed by atoms with Gasteiger partial charge in [0.25, 0.3) is 0 Å². The van der Waals surface area contributed by atoms with Crippen molar-refractivity contribution in [1.29, 1.82) is 0 Å². The van der Waals surface area contributed by atoms with Gasteiger partial charge in [-0.2, -0.15) is 11.8 Å². The number of benzene rings is 2. The fourth-order valence-corrected chi connectivity index (χ4v) is 11.5. The Morgan fingerprint density at radius 2 is 1.01 bits per heavy atom. The van der Waals surface area contributed by atoms with Gasteiger partial charge in [-0.05, 0) is 119 Å². The van der Waals surface area contributed by atoms with E-state index in [1.54, 1.807) is 60.7 Å². The van der Waals surface area contributed by atoms with Crippen LogP contribution >= 0.6 is 11.8 Å². The fraction of sp³-hybridized carbons (Fsp3) is 0.587. The number of thioether (sulfide) groups is 1. The Balaban J connectivity index is 1.56. The summed E-state index contributed by atoms with van der Waals surface area (Å²) in [4.78, 5) is 185. The van der Waals surface area contributed by atoms with Gasteiger partial charge in [0.1, 0.15) is 54.4 Å². The number of nitrogens with two attached hydrogens (primary N) is 7. The summed E-state index contributed by atoms with van der Waals surface area (Å²) < 4.78 is 0. The van der Waals surface area contributed by atoms with Crippen molar-refractivity contribution in [3.8, 4) is 0 Å². The van der Waals surface area contributed by atoms with E-state index in [0.717, 1.165) is 0 Å². The third-order valence-electron chi connectivity index (χ3n) is 16.0. The number of hydrogen-bond donors (Lipinski definition) is 15. The van der Waals surface area contributed by atoms with Gasteiger partial charge >= 0.3 is 0 Å². The number of guanidine groups is 1. The SMILES string of the molecule is CSCC[C@H](NC(=O)[C@@H](CC(C)C)NC(=O)CNC(=O)[C@@H](Cc1ccccc1)NC(=O)[C@@H](Cc1ccccc1)NC(=O)[C@H](CCC(N)=O)NC(=O)[C@H](CCC(N)=O)NC(=O)[C@@H]1CCCN1C(=O)[C@H](CCCCN)NC(=O)[C@H]1CCCN1C(=O)[C@@H](N)CCCN=C(N)N)C(N)=O. The van der Waals surface area contributed by atoms with Crippen molar-refractivity contribution in [1.82, 2.24) is 52.3 Å². The summed E-state index contributed by atoms with van der Waals surface area (Å²) in [7, 11) is 0. The molecule has 2 heterocycles. The van der Waals surface area contributed by atoms with Gasteiger partial charge < -0.3 is 92.5 Å². The van der Waals surface area contributed by atoms with Gasteiger partial charge in [0.05, 0.1) is 12.6 Å². The normalized spacial score (nSPS) is 16.8. The molecular formula is C63H98N18O13S. The molecule has 32 heteroatoms. The summed E-state index contributed by atoms with van der Waals surface area (Å²) >= 11 is 1.45. The number of nitrogens with zero attached hydrogens (tertiary/aromatic N) is 3. The Bertz CT molecular complexity index is 2960. The highest BCUT2D eigenvalue weighted by Crippen LogP contribution is 2.24. The van der Waals surface area contributed by atoms with Crippen molar-refractivity contribution < 1.29 is 62.3 Å². The number of hydrogen-bond acceptors (Lipinski definition) is 17. The fourth-order valence-electron chi connectivity index (χ4n) is 11.0. The highest BCUT2D eigenvalue weighted by molar-refractivity contribution is 7.98. The monoisotopic (exact) mass is 1350 g/mol. The largest absolute Gasteiger partial charge is 0.370 e. The molecule has 13 amide bonds. The second kappa shape index (κ2) is 41.0. The van der Waals surface area contributed by atoms with Crippen molar-refractivity contribution in [2.45, 2.75) is 183 Å². The molecular weight excluding hydrogens is 1250 g/mol. The number of unbranched alkanes of at least 4 members (excludes halogenated alkanes) is 1. The maximum atomic E-state index is 14.7. The van der Waals surface area contributed by atoms with E-state index in [9.17, 15) is 62.3 Å². The predicted octanol–water partition coefficient (Wildman–Crippen LogP) is -3.71. The van der Waals surface area contributed by atoms with E-state index < -0.39 is 169 Å². The van der Waals surface area contributed by atoms with E-state index in [1.165, 1.54) is 21.6 Å². The smallest absolute Gasteiger partial charge is 0.245 e. The van der Waals surface area contributed by atoms with Gasteiger partial charge in [0.15, 0.2) is 5.96 Å². The molecule has 22 N–H and O–H groups in total.